The summed E-state index contributed by atoms with van der Waals surface area (Å²) in [6.45, 7) is 2.56. The zero-order chi connectivity index (χ0) is 17.1. The molecule has 4 rings (SSSR count). The van der Waals surface area contributed by atoms with Crippen LogP contribution in [0.5, 0.6) is 0 Å². The number of amides is 1. The molecule has 3 aromatic heterocycles. The van der Waals surface area contributed by atoms with Gasteiger partial charge in [0.2, 0.25) is 5.91 Å². The highest BCUT2D eigenvalue weighted by atomic mass is 16.2. The Morgan fingerprint density at radius 3 is 3.20 bits per heavy atom. The number of aromatic amines is 1. The van der Waals surface area contributed by atoms with Gasteiger partial charge in [0, 0.05) is 44.8 Å². The Balaban J connectivity index is 1.44. The fourth-order valence-electron chi connectivity index (χ4n) is 3.04. The third kappa shape index (κ3) is 3.29. The summed E-state index contributed by atoms with van der Waals surface area (Å²) in [4.78, 5) is 30.4. The molecule has 4 heterocycles. The lowest BCUT2D eigenvalue weighted by atomic mass is 10.1. The standard InChI is InChI=1S/C17H19N7O/c25-17(21-9-12-2-1-4-18-8-12)14-10-24(7-6-19-14)16-13-3-5-20-15(13)22-11-23-16/h1-5,8,11,14,19H,6-7,9-10H2,(H,21,25)(H,20,22,23). The lowest BCUT2D eigenvalue weighted by molar-refractivity contribution is -0.123. The van der Waals surface area contributed by atoms with E-state index in [0.717, 1.165) is 35.5 Å². The number of anilines is 1. The number of hydrogen-bond acceptors (Lipinski definition) is 6. The molecule has 8 heteroatoms. The Kier molecular flexibility index (Phi) is 4.26. The summed E-state index contributed by atoms with van der Waals surface area (Å²) in [5.74, 6) is 0.839. The van der Waals surface area contributed by atoms with Gasteiger partial charge in [0.25, 0.3) is 0 Å². The van der Waals surface area contributed by atoms with E-state index >= 15 is 0 Å². The summed E-state index contributed by atoms with van der Waals surface area (Å²) < 4.78 is 0. The minimum Gasteiger partial charge on any atom is -0.353 e. The number of pyridine rings is 1. The minimum absolute atomic E-state index is 0.0204. The van der Waals surface area contributed by atoms with Crippen LogP contribution in [-0.2, 0) is 11.3 Å². The first-order valence-electron chi connectivity index (χ1n) is 8.24. The highest BCUT2D eigenvalue weighted by Gasteiger charge is 2.27. The van der Waals surface area contributed by atoms with Gasteiger partial charge in [-0.1, -0.05) is 6.07 Å². The van der Waals surface area contributed by atoms with Crippen molar-refractivity contribution in [2.45, 2.75) is 12.6 Å². The zero-order valence-electron chi connectivity index (χ0n) is 13.6. The van der Waals surface area contributed by atoms with Gasteiger partial charge in [0.15, 0.2) is 0 Å². The van der Waals surface area contributed by atoms with Crippen molar-refractivity contribution in [3.63, 3.8) is 0 Å². The molecule has 1 fully saturated rings. The van der Waals surface area contributed by atoms with E-state index in [2.05, 4.69) is 35.5 Å². The van der Waals surface area contributed by atoms with Crippen LogP contribution in [0.2, 0.25) is 0 Å². The third-order valence-electron chi connectivity index (χ3n) is 4.31. The molecule has 1 aliphatic heterocycles. The monoisotopic (exact) mass is 337 g/mol. The van der Waals surface area contributed by atoms with Crippen molar-refractivity contribution in [1.82, 2.24) is 30.6 Å². The lowest BCUT2D eigenvalue weighted by Gasteiger charge is -2.33. The molecule has 0 aromatic carbocycles. The van der Waals surface area contributed by atoms with E-state index in [9.17, 15) is 4.79 Å². The summed E-state index contributed by atoms with van der Waals surface area (Å²) in [5.41, 5.74) is 1.79. The average Bonchev–Trinajstić information content (AvgIpc) is 3.16. The summed E-state index contributed by atoms with van der Waals surface area (Å²) >= 11 is 0. The van der Waals surface area contributed by atoms with E-state index < -0.39 is 0 Å². The van der Waals surface area contributed by atoms with Crippen LogP contribution in [0.25, 0.3) is 11.0 Å². The van der Waals surface area contributed by atoms with Gasteiger partial charge in [-0.25, -0.2) is 9.97 Å². The second-order valence-corrected chi connectivity index (χ2v) is 5.97. The van der Waals surface area contributed by atoms with E-state index in [1.807, 2.05) is 24.4 Å². The summed E-state index contributed by atoms with van der Waals surface area (Å²) in [5, 5.41) is 7.21. The number of fused-ring (bicyclic) bond motifs is 1. The smallest absolute Gasteiger partial charge is 0.239 e. The SMILES string of the molecule is O=C(NCc1cccnc1)C1CN(c2ncnc3[nH]ccc23)CCN1. The maximum atomic E-state index is 12.5. The first-order chi connectivity index (χ1) is 12.3. The number of H-pyrrole nitrogens is 1. The van der Waals surface area contributed by atoms with E-state index in [-0.39, 0.29) is 11.9 Å². The Bertz CT molecular complexity index is 864. The molecule has 1 saturated heterocycles. The van der Waals surface area contributed by atoms with Gasteiger partial charge in [-0.05, 0) is 17.7 Å². The molecule has 0 radical (unpaired) electrons. The van der Waals surface area contributed by atoms with Crippen LogP contribution in [0.3, 0.4) is 0 Å². The molecule has 0 saturated carbocycles. The van der Waals surface area contributed by atoms with Crippen molar-refractivity contribution in [2.75, 3.05) is 24.5 Å². The van der Waals surface area contributed by atoms with Gasteiger partial charge in [-0.3, -0.25) is 9.78 Å². The molecular formula is C17H19N7O. The molecule has 1 unspecified atom stereocenters. The second-order valence-electron chi connectivity index (χ2n) is 5.97. The normalized spacial score (nSPS) is 17.6. The van der Waals surface area contributed by atoms with Crippen LogP contribution in [-0.4, -0.2) is 51.5 Å². The number of carbonyl (C=O) groups is 1. The molecule has 1 amide bonds. The molecule has 0 bridgehead atoms. The van der Waals surface area contributed by atoms with E-state index in [0.29, 0.717) is 13.1 Å². The first-order valence-corrected chi connectivity index (χ1v) is 8.24. The Labute approximate surface area is 144 Å². The second kappa shape index (κ2) is 6.86. The summed E-state index contributed by atoms with van der Waals surface area (Å²) in [6, 6.07) is 5.48. The van der Waals surface area contributed by atoms with E-state index in [1.54, 1.807) is 18.7 Å². The van der Waals surface area contributed by atoms with Crippen molar-refractivity contribution in [2.24, 2.45) is 0 Å². The molecule has 0 aliphatic carbocycles. The Morgan fingerprint density at radius 1 is 1.36 bits per heavy atom. The summed E-state index contributed by atoms with van der Waals surface area (Å²) in [7, 11) is 0. The number of rotatable bonds is 4. The van der Waals surface area contributed by atoms with Crippen molar-refractivity contribution in [3.05, 3.63) is 48.7 Å². The molecule has 128 valence electrons. The largest absolute Gasteiger partial charge is 0.353 e. The Morgan fingerprint density at radius 2 is 2.32 bits per heavy atom. The van der Waals surface area contributed by atoms with Crippen molar-refractivity contribution in [3.8, 4) is 0 Å². The van der Waals surface area contributed by atoms with E-state index in [4.69, 9.17) is 0 Å². The zero-order valence-corrected chi connectivity index (χ0v) is 13.6. The molecule has 3 N–H and O–H groups in total. The number of aromatic nitrogens is 4. The average molecular weight is 337 g/mol. The van der Waals surface area contributed by atoms with Crippen molar-refractivity contribution >= 4 is 22.8 Å². The van der Waals surface area contributed by atoms with Crippen molar-refractivity contribution < 1.29 is 4.79 Å². The van der Waals surface area contributed by atoms with Crippen LogP contribution in [0.4, 0.5) is 5.82 Å². The van der Waals surface area contributed by atoms with Gasteiger partial charge in [-0.2, -0.15) is 0 Å². The number of hydrogen-bond donors (Lipinski definition) is 3. The maximum absolute atomic E-state index is 12.5. The fourth-order valence-corrected chi connectivity index (χ4v) is 3.04. The quantitative estimate of drug-likeness (QED) is 0.639. The minimum atomic E-state index is -0.283. The predicted molar refractivity (Wildman–Crippen MR) is 94.0 cm³/mol. The van der Waals surface area contributed by atoms with Gasteiger partial charge in [0.05, 0.1) is 5.39 Å². The van der Waals surface area contributed by atoms with Crippen LogP contribution < -0.4 is 15.5 Å². The molecule has 1 aliphatic rings. The van der Waals surface area contributed by atoms with Gasteiger partial charge in [0.1, 0.15) is 23.8 Å². The molecule has 1 atom stereocenters. The molecule has 3 aromatic rings. The molecule has 0 spiro atoms. The maximum Gasteiger partial charge on any atom is 0.239 e. The highest BCUT2D eigenvalue weighted by Crippen LogP contribution is 2.22. The van der Waals surface area contributed by atoms with Gasteiger partial charge in [-0.15, -0.1) is 0 Å². The number of nitrogens with zero attached hydrogens (tertiary/aromatic N) is 4. The van der Waals surface area contributed by atoms with Crippen LogP contribution in [0.1, 0.15) is 5.56 Å². The number of nitrogens with one attached hydrogen (secondary N) is 3. The first kappa shape index (κ1) is 15.5. The highest BCUT2D eigenvalue weighted by molar-refractivity contribution is 5.88. The number of carbonyl (C=O) groups excluding carboxylic acids is 1. The van der Waals surface area contributed by atoms with E-state index in [1.165, 1.54) is 0 Å². The molecule has 25 heavy (non-hydrogen) atoms. The number of piperazine rings is 1. The lowest BCUT2D eigenvalue weighted by Crippen LogP contribution is -2.57. The third-order valence-corrected chi connectivity index (χ3v) is 4.31. The van der Waals surface area contributed by atoms with Gasteiger partial charge < -0.3 is 20.5 Å². The van der Waals surface area contributed by atoms with Gasteiger partial charge >= 0.3 is 0 Å². The Hall–Kier alpha value is -3.00. The van der Waals surface area contributed by atoms with Crippen LogP contribution in [0, 0.1) is 0 Å². The fraction of sp³-hybridized carbons (Fsp3) is 0.294. The van der Waals surface area contributed by atoms with Crippen LogP contribution in [0.15, 0.2) is 43.1 Å². The molecular weight excluding hydrogens is 318 g/mol. The predicted octanol–water partition coefficient (Wildman–Crippen LogP) is 0.447. The van der Waals surface area contributed by atoms with Crippen LogP contribution >= 0.6 is 0 Å². The molecule has 8 nitrogen and oxygen atoms in total. The topological polar surface area (TPSA) is 98.8 Å². The van der Waals surface area contributed by atoms with Crippen molar-refractivity contribution in [1.29, 1.82) is 0 Å². The summed E-state index contributed by atoms with van der Waals surface area (Å²) in [6.07, 6.45) is 6.87.